The smallest absolute Gasteiger partial charge is 0.337 e. The molecule has 0 spiro atoms. The van der Waals surface area contributed by atoms with Crippen molar-refractivity contribution in [3.63, 3.8) is 0 Å². The van der Waals surface area contributed by atoms with E-state index in [1.807, 2.05) is 0 Å². The predicted octanol–water partition coefficient (Wildman–Crippen LogP) is 1.98. The molecule has 1 fully saturated rings. The number of aromatic amines is 1. The average Bonchev–Trinajstić information content (AvgIpc) is 3.32. The van der Waals surface area contributed by atoms with E-state index < -0.39 is 27.3 Å². The van der Waals surface area contributed by atoms with Gasteiger partial charge in [-0.25, -0.2) is 27.7 Å². The Morgan fingerprint density at radius 2 is 2.11 bits per heavy atom. The maximum atomic E-state index is 12.3. The zero-order chi connectivity index (χ0) is 25.3. The van der Waals surface area contributed by atoms with Crippen LogP contribution in [-0.2, 0) is 30.7 Å². The first-order valence-electron chi connectivity index (χ1n) is 10.5. The van der Waals surface area contributed by atoms with Crippen LogP contribution in [-0.4, -0.2) is 58.7 Å². The number of methoxy groups -OCH3 is 1. The summed E-state index contributed by atoms with van der Waals surface area (Å²) in [6.07, 6.45) is 3.01. The third-order valence-electron chi connectivity index (χ3n) is 5.54. The quantitative estimate of drug-likeness (QED) is 0.380. The zero-order valence-corrected chi connectivity index (χ0v) is 20.4. The predicted molar refractivity (Wildman–Crippen MR) is 127 cm³/mol. The Labute approximate surface area is 204 Å². The first-order valence-corrected chi connectivity index (χ1v) is 12.7. The van der Waals surface area contributed by atoms with Gasteiger partial charge < -0.3 is 14.5 Å². The van der Waals surface area contributed by atoms with Gasteiger partial charge in [0.15, 0.2) is 9.84 Å². The lowest BCUT2D eigenvalue weighted by Gasteiger charge is -2.09. The van der Waals surface area contributed by atoms with Gasteiger partial charge in [0, 0.05) is 11.6 Å². The summed E-state index contributed by atoms with van der Waals surface area (Å²) in [5, 5.41) is 4.83. The number of ether oxygens (including phenoxy) is 2. The second-order valence-electron chi connectivity index (χ2n) is 7.97. The van der Waals surface area contributed by atoms with Gasteiger partial charge in [0.25, 0.3) is 5.56 Å². The van der Waals surface area contributed by atoms with E-state index in [0.717, 1.165) is 6.08 Å². The number of carbonyl (C=O) groups excluding carboxylic acids is 2. The number of esters is 2. The highest BCUT2D eigenvalue weighted by molar-refractivity contribution is 7.91. The van der Waals surface area contributed by atoms with Crippen LogP contribution in [0.1, 0.15) is 39.9 Å². The van der Waals surface area contributed by atoms with Crippen LogP contribution < -0.4 is 5.56 Å². The lowest BCUT2D eigenvalue weighted by Crippen LogP contribution is -2.14. The van der Waals surface area contributed by atoms with Crippen LogP contribution in [0.15, 0.2) is 29.1 Å². The molecule has 1 aromatic carbocycles. The number of sulfone groups is 1. The van der Waals surface area contributed by atoms with Crippen molar-refractivity contribution in [1.82, 2.24) is 19.7 Å². The van der Waals surface area contributed by atoms with Crippen molar-refractivity contribution in [2.24, 2.45) is 0 Å². The maximum absolute atomic E-state index is 12.3. The molecule has 1 aliphatic heterocycles. The van der Waals surface area contributed by atoms with Crippen LogP contribution >= 0.6 is 11.6 Å². The van der Waals surface area contributed by atoms with Gasteiger partial charge in [0.2, 0.25) is 0 Å². The van der Waals surface area contributed by atoms with Crippen LogP contribution in [0.25, 0.3) is 17.0 Å². The number of rotatable bonds is 6. The summed E-state index contributed by atoms with van der Waals surface area (Å²) >= 11 is 6.40. The maximum Gasteiger partial charge on any atom is 0.337 e. The molecule has 3 heterocycles. The highest BCUT2D eigenvalue weighted by atomic mass is 35.5. The van der Waals surface area contributed by atoms with Gasteiger partial charge in [-0.2, -0.15) is 5.10 Å². The Kier molecular flexibility index (Phi) is 6.77. The van der Waals surface area contributed by atoms with E-state index >= 15 is 0 Å². The normalized spacial score (nSPS) is 17.2. The van der Waals surface area contributed by atoms with Gasteiger partial charge in [0.05, 0.1) is 46.8 Å². The van der Waals surface area contributed by atoms with E-state index in [-0.39, 0.29) is 51.6 Å². The van der Waals surface area contributed by atoms with Crippen molar-refractivity contribution in [3.05, 3.63) is 62.4 Å². The fourth-order valence-electron chi connectivity index (χ4n) is 3.77. The molecule has 1 saturated heterocycles. The molecule has 0 unspecified atom stereocenters. The first-order chi connectivity index (χ1) is 16.6. The minimum absolute atomic E-state index is 0.0306. The number of nitrogens with one attached hydrogen (secondary N) is 1. The van der Waals surface area contributed by atoms with Gasteiger partial charge in [-0.15, -0.1) is 0 Å². The third kappa shape index (κ3) is 5.28. The average molecular weight is 521 g/mol. The van der Waals surface area contributed by atoms with Gasteiger partial charge in [0.1, 0.15) is 17.6 Å². The summed E-state index contributed by atoms with van der Waals surface area (Å²) < 4.78 is 34.8. The Morgan fingerprint density at radius 3 is 2.80 bits per heavy atom. The van der Waals surface area contributed by atoms with Crippen molar-refractivity contribution in [2.45, 2.75) is 26.0 Å². The molecule has 0 bridgehead atoms. The second-order valence-corrected chi connectivity index (χ2v) is 10.6. The molecule has 13 heteroatoms. The topological polar surface area (TPSA) is 150 Å². The zero-order valence-electron chi connectivity index (χ0n) is 18.8. The molecule has 1 atom stereocenters. The van der Waals surface area contributed by atoms with E-state index in [9.17, 15) is 22.8 Å². The van der Waals surface area contributed by atoms with E-state index in [2.05, 4.69) is 19.8 Å². The molecule has 11 nitrogen and oxygen atoms in total. The number of hydrogen-bond acceptors (Lipinski definition) is 9. The highest BCUT2D eigenvalue weighted by Gasteiger charge is 2.31. The molecule has 0 aliphatic carbocycles. The monoisotopic (exact) mass is 520 g/mol. The van der Waals surface area contributed by atoms with Gasteiger partial charge >= 0.3 is 11.9 Å². The molecule has 184 valence electrons. The molecule has 4 rings (SSSR count). The number of H-pyrrole nitrogens is 1. The van der Waals surface area contributed by atoms with E-state index in [0.29, 0.717) is 17.7 Å². The number of halogens is 1. The van der Waals surface area contributed by atoms with E-state index in [1.165, 1.54) is 36.1 Å². The van der Waals surface area contributed by atoms with E-state index in [4.69, 9.17) is 16.3 Å². The van der Waals surface area contributed by atoms with E-state index in [1.54, 1.807) is 6.92 Å². The lowest BCUT2D eigenvalue weighted by molar-refractivity contribution is -0.139. The van der Waals surface area contributed by atoms with Crippen LogP contribution in [0.2, 0.25) is 5.15 Å². The number of benzene rings is 1. The van der Waals surface area contributed by atoms with Crippen LogP contribution in [0.3, 0.4) is 0 Å². The Balaban J connectivity index is 1.46. The molecule has 2 aromatic heterocycles. The fraction of sp³-hybridized carbons (Fsp3) is 0.318. The summed E-state index contributed by atoms with van der Waals surface area (Å²) in [5.41, 5.74) is 1.04. The molecule has 1 N–H and O–H groups in total. The third-order valence-corrected chi connectivity index (χ3v) is 7.67. The highest BCUT2D eigenvalue weighted by Crippen LogP contribution is 2.30. The molecule has 35 heavy (non-hydrogen) atoms. The SMILES string of the molecule is COC(=O)c1ccc2c(=O)[nH]c(COC(=O)/C=C/c3c(C)nn([C@H]4CCS(=O)(=O)C4)c3Cl)nc2c1. The second kappa shape index (κ2) is 9.62. The number of fused-ring (bicyclic) bond motifs is 1. The van der Waals surface area contributed by atoms with Crippen LogP contribution in [0.5, 0.6) is 0 Å². The largest absolute Gasteiger partial charge is 0.465 e. The lowest BCUT2D eigenvalue weighted by atomic mass is 10.1. The van der Waals surface area contributed by atoms with Crippen molar-refractivity contribution < 1.29 is 27.5 Å². The number of carbonyl (C=O) groups is 2. The minimum atomic E-state index is -3.11. The van der Waals surface area contributed by atoms with Crippen molar-refractivity contribution in [3.8, 4) is 0 Å². The summed E-state index contributed by atoms with van der Waals surface area (Å²) in [7, 11) is -1.87. The Morgan fingerprint density at radius 1 is 1.34 bits per heavy atom. The van der Waals surface area contributed by atoms with Crippen molar-refractivity contribution in [2.75, 3.05) is 18.6 Å². The summed E-state index contributed by atoms with van der Waals surface area (Å²) in [5.74, 6) is -1.14. The summed E-state index contributed by atoms with van der Waals surface area (Å²) in [4.78, 5) is 43.1. The number of hydrogen-bond donors (Lipinski definition) is 1. The Bertz CT molecular complexity index is 1520. The summed E-state index contributed by atoms with van der Waals surface area (Å²) in [6.45, 7) is 1.38. The standard InChI is InChI=1S/C22H21ClN4O7S/c1-12-15(20(23)27(26-12)14-7-8-35(31,32)11-14)5-6-19(28)34-10-18-24-17-9-13(22(30)33-2)3-4-16(17)21(29)25-18/h3-6,9,14H,7-8,10-11H2,1-2H3,(H,24,25,29)/b6-5+/t14-/m0/s1. The fourth-order valence-corrected chi connectivity index (χ4v) is 5.84. The number of aryl methyl sites for hydroxylation is 1. The molecule has 0 saturated carbocycles. The van der Waals surface area contributed by atoms with Crippen molar-refractivity contribution in [1.29, 1.82) is 0 Å². The van der Waals surface area contributed by atoms with Gasteiger partial charge in [-0.3, -0.25) is 4.79 Å². The molecular formula is C22H21ClN4O7S. The van der Waals surface area contributed by atoms with Gasteiger partial charge in [-0.05, 0) is 37.6 Å². The molecular weight excluding hydrogens is 500 g/mol. The summed E-state index contributed by atoms with van der Waals surface area (Å²) in [6, 6.07) is 3.98. The number of nitrogens with zero attached hydrogens (tertiary/aromatic N) is 3. The first kappa shape index (κ1) is 24.6. The van der Waals surface area contributed by atoms with Gasteiger partial charge in [-0.1, -0.05) is 11.6 Å². The molecule has 0 amide bonds. The van der Waals surface area contributed by atoms with Crippen molar-refractivity contribution >= 4 is 50.4 Å². The Hall–Kier alpha value is -3.51. The molecule has 0 radical (unpaired) electrons. The minimum Gasteiger partial charge on any atom is -0.465 e. The molecule has 3 aromatic rings. The number of aromatic nitrogens is 4. The van der Waals surface area contributed by atoms with Crippen LogP contribution in [0.4, 0.5) is 0 Å². The molecule has 1 aliphatic rings. The van der Waals surface area contributed by atoms with Crippen LogP contribution in [0, 0.1) is 6.92 Å².